The van der Waals surface area contributed by atoms with Crippen LogP contribution in [0.25, 0.3) is 0 Å². The summed E-state index contributed by atoms with van der Waals surface area (Å²) >= 11 is 7.49. The minimum Gasteiger partial charge on any atom is -0.382 e. The number of hydrogen-bond donors (Lipinski definition) is 2. The first kappa shape index (κ1) is 21.8. The number of halogens is 2. The second-order valence-electron chi connectivity index (χ2n) is 9.11. The summed E-state index contributed by atoms with van der Waals surface area (Å²) in [6.45, 7) is 9.08. The molecule has 2 aliphatic rings. The molecule has 10 heteroatoms. The Labute approximate surface area is 185 Å². The van der Waals surface area contributed by atoms with E-state index in [1.54, 1.807) is 12.3 Å². The van der Waals surface area contributed by atoms with Crippen LogP contribution in [0.15, 0.2) is 22.4 Å². The monoisotopic (exact) mass is 472 g/mol. The number of rotatable bonds is 6. The Bertz CT molecular complexity index is 1070. The van der Waals surface area contributed by atoms with Gasteiger partial charge in [-0.1, -0.05) is 25.4 Å². The first-order valence-corrected chi connectivity index (χ1v) is 12.7. The van der Waals surface area contributed by atoms with Crippen molar-refractivity contribution in [3.8, 4) is 0 Å². The second-order valence-corrected chi connectivity index (χ2v) is 12.0. The third-order valence-electron chi connectivity index (χ3n) is 5.93. The molecule has 2 aliphatic heterocycles. The number of sulfonamides is 1. The summed E-state index contributed by atoms with van der Waals surface area (Å²) in [5.41, 5.74) is 1.38. The van der Waals surface area contributed by atoms with Gasteiger partial charge in [0.2, 0.25) is 0 Å². The van der Waals surface area contributed by atoms with E-state index >= 15 is 0 Å². The van der Waals surface area contributed by atoms with E-state index < -0.39 is 20.7 Å². The van der Waals surface area contributed by atoms with Gasteiger partial charge in [-0.25, -0.2) is 17.8 Å². The highest BCUT2D eigenvalue weighted by atomic mass is 35.5. The summed E-state index contributed by atoms with van der Waals surface area (Å²) < 4.78 is 42.3. The molecule has 4 rings (SSSR count). The number of anilines is 2. The fraction of sp³-hybridized carbons (Fsp3) is 0.550. The third kappa shape index (κ3) is 4.17. The normalized spacial score (nSPS) is 23.5. The fourth-order valence-electron chi connectivity index (χ4n) is 4.87. The van der Waals surface area contributed by atoms with E-state index in [-0.39, 0.29) is 21.1 Å². The van der Waals surface area contributed by atoms with Crippen molar-refractivity contribution in [1.29, 1.82) is 0 Å². The summed E-state index contributed by atoms with van der Waals surface area (Å²) in [4.78, 5) is 6.09. The zero-order valence-electron chi connectivity index (χ0n) is 17.3. The Hall–Kier alpha value is -1.42. The first-order chi connectivity index (χ1) is 14.0. The van der Waals surface area contributed by atoms with Gasteiger partial charge >= 0.3 is 0 Å². The second kappa shape index (κ2) is 7.62. The van der Waals surface area contributed by atoms with Crippen molar-refractivity contribution in [2.24, 2.45) is 5.41 Å². The standard InChI is InChI=1S/C20H26ClFN4O2S2/c1-13-9-29-18(24-13)25-30(27,28)17-7-14(21)16(8-15(17)22)23-11-20-5-4-6-26(20)12-19(2,3)10-20/h7-9,23H,4-6,10-12H2,1-3H3,(H,24,25). The van der Waals surface area contributed by atoms with E-state index in [0.29, 0.717) is 17.9 Å². The van der Waals surface area contributed by atoms with Crippen molar-refractivity contribution >= 4 is 43.8 Å². The lowest BCUT2D eigenvalue weighted by Gasteiger charge is -2.33. The number of aryl methyl sites for hydroxylation is 1. The van der Waals surface area contributed by atoms with Crippen LogP contribution in [0.4, 0.5) is 15.2 Å². The Morgan fingerprint density at radius 1 is 1.37 bits per heavy atom. The lowest BCUT2D eigenvalue weighted by Crippen LogP contribution is -2.44. The molecular weight excluding hydrogens is 447 g/mol. The number of thiazole rings is 1. The highest BCUT2D eigenvalue weighted by Crippen LogP contribution is 2.47. The van der Waals surface area contributed by atoms with Crippen molar-refractivity contribution in [2.45, 2.75) is 50.5 Å². The number of nitrogens with zero attached hydrogens (tertiary/aromatic N) is 2. The molecule has 2 N–H and O–H groups in total. The topological polar surface area (TPSA) is 74.3 Å². The molecule has 0 amide bonds. The van der Waals surface area contributed by atoms with Gasteiger partial charge in [0.1, 0.15) is 10.7 Å². The van der Waals surface area contributed by atoms with E-state index in [1.165, 1.54) is 6.07 Å². The van der Waals surface area contributed by atoms with Crippen LogP contribution < -0.4 is 10.0 Å². The largest absolute Gasteiger partial charge is 0.382 e. The molecular formula is C20H26ClFN4O2S2. The van der Waals surface area contributed by atoms with Crippen LogP contribution in [-0.2, 0) is 10.0 Å². The molecule has 0 saturated carbocycles. The number of nitrogens with one attached hydrogen (secondary N) is 2. The van der Waals surface area contributed by atoms with Gasteiger partial charge in [0.25, 0.3) is 10.0 Å². The van der Waals surface area contributed by atoms with Gasteiger partial charge in [-0.15, -0.1) is 11.3 Å². The molecule has 0 spiro atoms. The van der Waals surface area contributed by atoms with Gasteiger partial charge in [0, 0.05) is 24.0 Å². The zero-order valence-corrected chi connectivity index (χ0v) is 19.6. The van der Waals surface area contributed by atoms with Gasteiger partial charge in [0.15, 0.2) is 5.13 Å². The van der Waals surface area contributed by atoms with Crippen molar-refractivity contribution in [3.63, 3.8) is 0 Å². The van der Waals surface area contributed by atoms with E-state index in [2.05, 4.69) is 33.8 Å². The molecule has 6 nitrogen and oxygen atoms in total. The van der Waals surface area contributed by atoms with E-state index in [4.69, 9.17) is 11.6 Å². The predicted octanol–water partition coefficient (Wildman–Crippen LogP) is 4.72. The minimum absolute atomic E-state index is 0.0400. The quantitative estimate of drug-likeness (QED) is 0.636. The van der Waals surface area contributed by atoms with Gasteiger partial charge in [-0.2, -0.15) is 0 Å². The van der Waals surface area contributed by atoms with Crippen molar-refractivity contribution in [2.75, 3.05) is 29.7 Å². The molecule has 1 aromatic heterocycles. The van der Waals surface area contributed by atoms with Crippen molar-refractivity contribution in [1.82, 2.24) is 9.88 Å². The molecule has 30 heavy (non-hydrogen) atoms. The molecule has 0 aliphatic carbocycles. The molecule has 0 bridgehead atoms. The minimum atomic E-state index is -4.13. The summed E-state index contributed by atoms with van der Waals surface area (Å²) in [6, 6.07) is 2.32. The highest BCUT2D eigenvalue weighted by molar-refractivity contribution is 7.93. The average molecular weight is 473 g/mol. The summed E-state index contributed by atoms with van der Waals surface area (Å²) in [5.74, 6) is -0.852. The average Bonchev–Trinajstić information content (AvgIpc) is 3.26. The van der Waals surface area contributed by atoms with Gasteiger partial charge in [-0.3, -0.25) is 9.62 Å². The predicted molar refractivity (Wildman–Crippen MR) is 119 cm³/mol. The molecule has 2 aromatic rings. The third-order valence-corrected chi connectivity index (χ3v) is 8.60. The molecule has 2 saturated heterocycles. The van der Waals surface area contributed by atoms with Crippen molar-refractivity contribution < 1.29 is 12.8 Å². The first-order valence-electron chi connectivity index (χ1n) is 9.93. The van der Waals surface area contributed by atoms with Crippen LogP contribution in [0.1, 0.15) is 38.8 Å². The number of fused-ring (bicyclic) bond motifs is 1. The summed E-state index contributed by atoms with van der Waals surface area (Å²) in [6.07, 6.45) is 3.31. The number of hydrogen-bond acceptors (Lipinski definition) is 6. The maximum atomic E-state index is 14.8. The summed E-state index contributed by atoms with van der Waals surface area (Å²) in [5, 5.41) is 5.36. The van der Waals surface area contributed by atoms with Crippen LogP contribution >= 0.6 is 22.9 Å². The molecule has 0 radical (unpaired) electrons. The maximum Gasteiger partial charge on any atom is 0.266 e. The van der Waals surface area contributed by atoms with Crippen LogP contribution in [0.2, 0.25) is 5.02 Å². The Balaban J connectivity index is 1.53. The van der Waals surface area contributed by atoms with E-state index in [1.807, 2.05) is 0 Å². The molecule has 164 valence electrons. The van der Waals surface area contributed by atoms with Crippen molar-refractivity contribution in [3.05, 3.63) is 34.0 Å². The summed E-state index contributed by atoms with van der Waals surface area (Å²) in [7, 11) is -4.13. The number of aromatic nitrogens is 1. The number of benzene rings is 1. The fourth-order valence-corrected chi connectivity index (χ4v) is 7.19. The van der Waals surface area contributed by atoms with Gasteiger partial charge in [0.05, 0.1) is 16.4 Å². The van der Waals surface area contributed by atoms with Crippen LogP contribution in [0.5, 0.6) is 0 Å². The molecule has 1 unspecified atom stereocenters. The smallest absolute Gasteiger partial charge is 0.266 e. The molecule has 3 heterocycles. The van der Waals surface area contributed by atoms with E-state index in [0.717, 1.165) is 49.8 Å². The van der Waals surface area contributed by atoms with Gasteiger partial charge < -0.3 is 5.32 Å². The van der Waals surface area contributed by atoms with Gasteiger partial charge in [-0.05, 0) is 50.3 Å². The Morgan fingerprint density at radius 2 is 2.13 bits per heavy atom. The van der Waals surface area contributed by atoms with Crippen LogP contribution in [0, 0.1) is 18.2 Å². The molecule has 1 atom stereocenters. The SMILES string of the molecule is Cc1csc(NS(=O)(=O)c2cc(Cl)c(NCC34CCCN3CC(C)(C)C4)cc2F)n1. The van der Waals surface area contributed by atoms with E-state index in [9.17, 15) is 12.8 Å². The molecule has 1 aromatic carbocycles. The highest BCUT2D eigenvalue weighted by Gasteiger charge is 2.51. The Morgan fingerprint density at radius 3 is 2.83 bits per heavy atom. The lowest BCUT2D eigenvalue weighted by molar-refractivity contribution is 0.209. The zero-order chi connectivity index (χ0) is 21.7. The van der Waals surface area contributed by atoms with Crippen LogP contribution in [-0.4, -0.2) is 43.5 Å². The lowest BCUT2D eigenvalue weighted by atomic mass is 9.82. The Kier molecular flexibility index (Phi) is 5.53. The maximum absolute atomic E-state index is 14.8. The van der Waals surface area contributed by atoms with Crippen LogP contribution in [0.3, 0.4) is 0 Å². The molecule has 2 fully saturated rings.